The molecular formula is C15H25NO4. The fourth-order valence-corrected chi connectivity index (χ4v) is 3.30. The van der Waals surface area contributed by atoms with Gasteiger partial charge in [0.1, 0.15) is 0 Å². The average Bonchev–Trinajstić information content (AvgIpc) is 3.24. The Morgan fingerprint density at radius 2 is 1.95 bits per heavy atom. The van der Waals surface area contributed by atoms with E-state index in [1.807, 2.05) is 0 Å². The number of aliphatic carboxylic acids is 1. The molecule has 2 aliphatic rings. The van der Waals surface area contributed by atoms with Gasteiger partial charge in [-0.15, -0.1) is 0 Å². The van der Waals surface area contributed by atoms with E-state index < -0.39 is 11.9 Å². The van der Waals surface area contributed by atoms with Crippen LogP contribution in [0.4, 0.5) is 0 Å². The Balaban J connectivity index is 1.82. The van der Waals surface area contributed by atoms with E-state index in [1.165, 1.54) is 19.3 Å². The smallest absolute Gasteiger partial charge is 0.307 e. The zero-order valence-electron chi connectivity index (χ0n) is 12.2. The fourth-order valence-electron chi connectivity index (χ4n) is 3.30. The molecule has 2 unspecified atom stereocenters. The third kappa shape index (κ3) is 3.72. The monoisotopic (exact) mass is 283 g/mol. The van der Waals surface area contributed by atoms with Gasteiger partial charge in [0.2, 0.25) is 5.91 Å². The van der Waals surface area contributed by atoms with Crippen molar-refractivity contribution in [2.75, 3.05) is 20.3 Å². The van der Waals surface area contributed by atoms with Gasteiger partial charge in [-0.1, -0.05) is 19.3 Å². The molecule has 20 heavy (non-hydrogen) atoms. The van der Waals surface area contributed by atoms with Crippen LogP contribution in [0.15, 0.2) is 0 Å². The zero-order valence-corrected chi connectivity index (χ0v) is 12.2. The fraction of sp³-hybridized carbons (Fsp3) is 0.867. The number of hydrogen-bond donors (Lipinski definition) is 2. The average molecular weight is 283 g/mol. The molecule has 2 fully saturated rings. The van der Waals surface area contributed by atoms with Gasteiger partial charge in [0.15, 0.2) is 0 Å². The molecule has 114 valence electrons. The van der Waals surface area contributed by atoms with Gasteiger partial charge in [0.05, 0.1) is 11.8 Å². The highest BCUT2D eigenvalue weighted by atomic mass is 16.5. The summed E-state index contributed by atoms with van der Waals surface area (Å²) in [4.78, 5) is 22.8. The molecule has 0 heterocycles. The predicted molar refractivity (Wildman–Crippen MR) is 74.3 cm³/mol. The van der Waals surface area contributed by atoms with E-state index in [0.717, 1.165) is 25.9 Å². The van der Waals surface area contributed by atoms with Crippen molar-refractivity contribution < 1.29 is 19.4 Å². The molecule has 0 aromatic carbocycles. The van der Waals surface area contributed by atoms with E-state index in [9.17, 15) is 9.59 Å². The first-order valence-corrected chi connectivity index (χ1v) is 7.57. The van der Waals surface area contributed by atoms with Crippen molar-refractivity contribution >= 4 is 11.9 Å². The van der Waals surface area contributed by atoms with Crippen molar-refractivity contribution in [3.63, 3.8) is 0 Å². The zero-order chi connectivity index (χ0) is 14.6. The van der Waals surface area contributed by atoms with Gasteiger partial charge in [0.25, 0.3) is 0 Å². The normalized spacial score (nSPS) is 27.9. The van der Waals surface area contributed by atoms with Crippen LogP contribution in [0.25, 0.3) is 0 Å². The quantitative estimate of drug-likeness (QED) is 0.747. The van der Waals surface area contributed by atoms with Gasteiger partial charge in [-0.25, -0.2) is 0 Å². The predicted octanol–water partition coefficient (Wildman–Crippen LogP) is 1.81. The lowest BCUT2D eigenvalue weighted by Crippen LogP contribution is -2.40. The molecule has 0 saturated heterocycles. The molecule has 2 aliphatic carbocycles. The molecule has 0 aromatic heterocycles. The highest BCUT2D eigenvalue weighted by molar-refractivity contribution is 5.89. The van der Waals surface area contributed by atoms with Crippen molar-refractivity contribution in [3.05, 3.63) is 0 Å². The maximum absolute atomic E-state index is 12.0. The molecule has 2 saturated carbocycles. The van der Waals surface area contributed by atoms with E-state index in [0.29, 0.717) is 13.0 Å². The molecule has 0 bridgehead atoms. The summed E-state index contributed by atoms with van der Waals surface area (Å²) in [6.07, 6.45) is 7.41. The third-order valence-electron chi connectivity index (χ3n) is 4.83. The summed E-state index contributed by atoms with van der Waals surface area (Å²) in [6, 6.07) is 0. The molecule has 2 N–H and O–H groups in total. The summed E-state index contributed by atoms with van der Waals surface area (Å²) in [5.41, 5.74) is 0.150. The molecule has 2 rings (SSSR count). The third-order valence-corrected chi connectivity index (χ3v) is 4.83. The second kappa shape index (κ2) is 6.57. The molecule has 5 heteroatoms. The van der Waals surface area contributed by atoms with Gasteiger partial charge in [-0.3, -0.25) is 9.59 Å². The maximum atomic E-state index is 12.0. The van der Waals surface area contributed by atoms with Crippen molar-refractivity contribution in [1.29, 1.82) is 0 Å². The van der Waals surface area contributed by atoms with E-state index in [1.54, 1.807) is 7.11 Å². The van der Waals surface area contributed by atoms with Crippen LogP contribution in [-0.2, 0) is 14.3 Å². The molecule has 2 atom stereocenters. The number of carbonyl (C=O) groups excluding carboxylic acids is 1. The van der Waals surface area contributed by atoms with Crippen LogP contribution in [0.5, 0.6) is 0 Å². The first-order chi connectivity index (χ1) is 9.58. The van der Waals surface area contributed by atoms with Gasteiger partial charge in [0, 0.05) is 20.3 Å². The van der Waals surface area contributed by atoms with Crippen LogP contribution in [0.3, 0.4) is 0 Å². The lowest BCUT2D eigenvalue weighted by molar-refractivity contribution is -0.140. The van der Waals surface area contributed by atoms with E-state index in [-0.39, 0.29) is 17.2 Å². The molecule has 1 amide bonds. The number of methoxy groups -OCH3 is 1. The minimum Gasteiger partial charge on any atom is -0.481 e. The van der Waals surface area contributed by atoms with Crippen LogP contribution >= 0.6 is 0 Å². The maximum Gasteiger partial charge on any atom is 0.307 e. The lowest BCUT2D eigenvalue weighted by atomic mass is 9.72. The highest BCUT2D eigenvalue weighted by Crippen LogP contribution is 2.41. The van der Waals surface area contributed by atoms with Crippen LogP contribution in [0, 0.1) is 17.3 Å². The number of ether oxygens (including phenoxy) is 1. The number of nitrogens with one attached hydrogen (secondary N) is 1. The number of carboxylic acid groups (broad SMARTS) is 1. The summed E-state index contributed by atoms with van der Waals surface area (Å²) in [7, 11) is 1.71. The van der Waals surface area contributed by atoms with Crippen molar-refractivity contribution in [2.24, 2.45) is 17.3 Å². The lowest BCUT2D eigenvalue weighted by Gasteiger charge is -2.37. The van der Waals surface area contributed by atoms with Crippen LogP contribution < -0.4 is 5.32 Å². The van der Waals surface area contributed by atoms with Gasteiger partial charge >= 0.3 is 5.97 Å². The topological polar surface area (TPSA) is 75.6 Å². The Morgan fingerprint density at radius 3 is 2.50 bits per heavy atom. The molecule has 0 aromatic rings. The Hall–Kier alpha value is -1.10. The van der Waals surface area contributed by atoms with Gasteiger partial charge in [-0.2, -0.15) is 0 Å². The molecule has 0 radical (unpaired) electrons. The molecular weight excluding hydrogens is 258 g/mol. The summed E-state index contributed by atoms with van der Waals surface area (Å²) in [6.45, 7) is 1.38. The molecule has 5 nitrogen and oxygen atoms in total. The standard InChI is InChI=1S/C15H25NO4/c1-20-8-7-15(5-3-2-4-6-15)10-16-13(17)11-9-12(11)14(18)19/h11-12H,2-10H2,1H3,(H,16,17)(H,18,19). The van der Waals surface area contributed by atoms with Gasteiger partial charge in [-0.05, 0) is 31.1 Å². The van der Waals surface area contributed by atoms with Crippen molar-refractivity contribution in [2.45, 2.75) is 44.9 Å². The minimum absolute atomic E-state index is 0.0836. The number of hydrogen-bond acceptors (Lipinski definition) is 3. The number of amides is 1. The summed E-state index contributed by atoms with van der Waals surface area (Å²) in [5, 5.41) is 11.9. The Kier molecular flexibility index (Phi) is 5.02. The largest absolute Gasteiger partial charge is 0.481 e. The summed E-state index contributed by atoms with van der Waals surface area (Å²) >= 11 is 0. The van der Waals surface area contributed by atoms with Gasteiger partial charge < -0.3 is 15.2 Å². The van der Waals surface area contributed by atoms with E-state index in [4.69, 9.17) is 9.84 Å². The second-order valence-corrected chi connectivity index (χ2v) is 6.31. The minimum atomic E-state index is -0.850. The first kappa shape index (κ1) is 15.3. The Morgan fingerprint density at radius 1 is 1.25 bits per heavy atom. The second-order valence-electron chi connectivity index (χ2n) is 6.31. The van der Waals surface area contributed by atoms with E-state index in [2.05, 4.69) is 5.32 Å². The SMILES string of the molecule is COCCC1(CNC(=O)C2CC2C(=O)O)CCCCC1. The van der Waals surface area contributed by atoms with E-state index >= 15 is 0 Å². The van der Waals surface area contributed by atoms with Crippen LogP contribution in [-0.4, -0.2) is 37.2 Å². The first-order valence-electron chi connectivity index (χ1n) is 7.57. The molecule has 0 spiro atoms. The Labute approximate surface area is 120 Å². The summed E-state index contributed by atoms with van der Waals surface area (Å²) in [5.74, 6) is -1.71. The van der Waals surface area contributed by atoms with Crippen molar-refractivity contribution in [3.8, 4) is 0 Å². The van der Waals surface area contributed by atoms with Crippen LogP contribution in [0.1, 0.15) is 44.9 Å². The van der Waals surface area contributed by atoms with Crippen LogP contribution in [0.2, 0.25) is 0 Å². The number of carbonyl (C=O) groups is 2. The highest BCUT2D eigenvalue weighted by Gasteiger charge is 2.48. The summed E-state index contributed by atoms with van der Waals surface area (Å²) < 4.78 is 5.19. The Bertz CT molecular complexity index is 363. The number of rotatable bonds is 7. The van der Waals surface area contributed by atoms with Crippen molar-refractivity contribution in [1.82, 2.24) is 5.32 Å². The number of carboxylic acids is 1. The molecule has 0 aliphatic heterocycles.